The fourth-order valence-electron chi connectivity index (χ4n) is 2.73. The summed E-state index contributed by atoms with van der Waals surface area (Å²) in [5.74, 6) is 0.591. The first-order valence-corrected chi connectivity index (χ1v) is 8.24. The van der Waals surface area contributed by atoms with Gasteiger partial charge in [-0.3, -0.25) is 4.98 Å². The first-order chi connectivity index (χ1) is 10.3. The van der Waals surface area contributed by atoms with Crippen molar-refractivity contribution in [3.63, 3.8) is 0 Å². The number of hydrogen-bond donors (Lipinski definition) is 2. The Bertz CT molecular complexity index is 563. The smallest absolute Gasteiger partial charge is 0.147 e. The van der Waals surface area contributed by atoms with Gasteiger partial charge in [0, 0.05) is 18.9 Å². The molecular weight excluding hydrogens is 282 g/mol. The van der Waals surface area contributed by atoms with Gasteiger partial charge in [-0.05, 0) is 68.1 Å². The number of pyridine rings is 1. The van der Waals surface area contributed by atoms with Crippen molar-refractivity contribution in [1.29, 1.82) is 0 Å². The van der Waals surface area contributed by atoms with Crippen molar-refractivity contribution < 1.29 is 0 Å². The fraction of sp³-hybridized carbons (Fsp3) is 0.467. The second kappa shape index (κ2) is 6.87. The van der Waals surface area contributed by atoms with E-state index in [4.69, 9.17) is 5.73 Å². The minimum atomic E-state index is 0.591. The molecule has 112 valence electrons. The predicted molar refractivity (Wildman–Crippen MR) is 88.5 cm³/mol. The molecule has 0 aliphatic carbocycles. The van der Waals surface area contributed by atoms with Crippen molar-refractivity contribution in [3.05, 3.63) is 24.5 Å². The van der Waals surface area contributed by atoms with Crippen LogP contribution in [0.2, 0.25) is 0 Å². The molecule has 1 saturated heterocycles. The molecule has 1 aliphatic heterocycles. The second-order valence-corrected chi connectivity index (χ2v) is 6.11. The highest BCUT2D eigenvalue weighted by molar-refractivity contribution is 7.11. The van der Waals surface area contributed by atoms with E-state index in [-0.39, 0.29) is 0 Å². The van der Waals surface area contributed by atoms with Crippen LogP contribution in [0.4, 0.5) is 10.8 Å². The summed E-state index contributed by atoms with van der Waals surface area (Å²) in [5, 5.41) is 4.54. The van der Waals surface area contributed by atoms with E-state index in [1.807, 2.05) is 12.1 Å². The maximum absolute atomic E-state index is 6.01. The molecule has 0 radical (unpaired) electrons. The van der Waals surface area contributed by atoms with Crippen LogP contribution < -0.4 is 11.1 Å². The van der Waals surface area contributed by atoms with E-state index in [9.17, 15) is 0 Å². The topological polar surface area (TPSA) is 67.1 Å². The van der Waals surface area contributed by atoms with Gasteiger partial charge in [-0.15, -0.1) is 0 Å². The van der Waals surface area contributed by atoms with Gasteiger partial charge >= 0.3 is 0 Å². The zero-order valence-electron chi connectivity index (χ0n) is 12.1. The van der Waals surface area contributed by atoms with Crippen LogP contribution in [0.3, 0.4) is 0 Å². The van der Waals surface area contributed by atoms with Crippen LogP contribution in [0.1, 0.15) is 19.3 Å². The van der Waals surface area contributed by atoms with Crippen LogP contribution in [-0.4, -0.2) is 40.4 Å². The second-order valence-electron chi connectivity index (χ2n) is 5.34. The van der Waals surface area contributed by atoms with Gasteiger partial charge in [0.05, 0.1) is 5.56 Å². The average molecular weight is 303 g/mol. The number of hydrogen-bond acceptors (Lipinski definition) is 6. The molecule has 0 amide bonds. The van der Waals surface area contributed by atoms with Crippen LogP contribution in [0.25, 0.3) is 11.1 Å². The number of nitrogens with zero attached hydrogens (tertiary/aromatic N) is 3. The highest BCUT2D eigenvalue weighted by atomic mass is 32.1. The van der Waals surface area contributed by atoms with Gasteiger partial charge in [-0.25, -0.2) is 0 Å². The summed E-state index contributed by atoms with van der Waals surface area (Å²) in [6.45, 7) is 4.65. The Morgan fingerprint density at radius 1 is 1.24 bits per heavy atom. The van der Waals surface area contributed by atoms with Gasteiger partial charge in [-0.2, -0.15) is 4.37 Å². The SMILES string of the molecule is Nc1nsc(NCCCN2CCCC2)c1-c1ccncc1. The number of likely N-dealkylation sites (tertiary alicyclic amines) is 1. The van der Waals surface area contributed by atoms with Crippen LogP contribution in [-0.2, 0) is 0 Å². The predicted octanol–water partition coefficient (Wildman–Crippen LogP) is 2.69. The van der Waals surface area contributed by atoms with Crippen molar-refractivity contribution >= 4 is 22.4 Å². The van der Waals surface area contributed by atoms with Crippen molar-refractivity contribution in [1.82, 2.24) is 14.3 Å². The summed E-state index contributed by atoms with van der Waals surface area (Å²) >= 11 is 1.43. The van der Waals surface area contributed by atoms with Crippen LogP contribution in [0, 0.1) is 0 Å². The summed E-state index contributed by atoms with van der Waals surface area (Å²) in [5.41, 5.74) is 8.08. The molecule has 0 aromatic carbocycles. The molecule has 0 unspecified atom stereocenters. The third-order valence-corrected chi connectivity index (χ3v) is 4.64. The summed E-state index contributed by atoms with van der Waals surface area (Å²) in [6.07, 6.45) is 7.41. The molecule has 3 rings (SSSR count). The Balaban J connectivity index is 1.58. The van der Waals surface area contributed by atoms with Gasteiger partial charge in [0.25, 0.3) is 0 Å². The highest BCUT2D eigenvalue weighted by Gasteiger charge is 2.14. The van der Waals surface area contributed by atoms with Crippen LogP contribution >= 0.6 is 11.5 Å². The van der Waals surface area contributed by atoms with Gasteiger partial charge in [0.15, 0.2) is 0 Å². The molecule has 21 heavy (non-hydrogen) atoms. The molecular formula is C15H21N5S. The number of anilines is 2. The lowest BCUT2D eigenvalue weighted by Gasteiger charge is -2.14. The molecule has 0 saturated carbocycles. The van der Waals surface area contributed by atoms with Gasteiger partial charge < -0.3 is 16.0 Å². The van der Waals surface area contributed by atoms with E-state index < -0.39 is 0 Å². The number of aromatic nitrogens is 2. The van der Waals surface area contributed by atoms with E-state index in [0.29, 0.717) is 5.82 Å². The third-order valence-electron chi connectivity index (χ3n) is 3.82. The minimum Gasteiger partial charge on any atom is -0.382 e. The van der Waals surface area contributed by atoms with Crippen molar-refractivity contribution in [3.8, 4) is 11.1 Å². The summed E-state index contributed by atoms with van der Waals surface area (Å²) in [4.78, 5) is 6.58. The van der Waals surface area contributed by atoms with Crippen molar-refractivity contribution in [2.45, 2.75) is 19.3 Å². The van der Waals surface area contributed by atoms with Gasteiger partial charge in [0.2, 0.25) is 0 Å². The maximum atomic E-state index is 6.01. The zero-order valence-corrected chi connectivity index (χ0v) is 12.9. The molecule has 2 aromatic rings. The Morgan fingerprint density at radius 2 is 2.00 bits per heavy atom. The number of nitrogens with one attached hydrogen (secondary N) is 1. The Labute approximate surface area is 129 Å². The summed E-state index contributed by atoms with van der Waals surface area (Å²) < 4.78 is 4.28. The molecule has 6 heteroatoms. The lowest BCUT2D eigenvalue weighted by atomic mass is 10.1. The Hall–Kier alpha value is -1.66. The first kappa shape index (κ1) is 14.3. The van der Waals surface area contributed by atoms with Crippen LogP contribution in [0.5, 0.6) is 0 Å². The molecule has 5 nitrogen and oxygen atoms in total. The minimum absolute atomic E-state index is 0.591. The summed E-state index contributed by atoms with van der Waals surface area (Å²) in [6, 6.07) is 3.94. The normalized spacial score (nSPS) is 15.4. The number of nitrogens with two attached hydrogens (primary N) is 1. The number of rotatable bonds is 6. The van der Waals surface area contributed by atoms with E-state index in [2.05, 4.69) is 19.6 Å². The molecule has 1 aliphatic rings. The maximum Gasteiger partial charge on any atom is 0.147 e. The highest BCUT2D eigenvalue weighted by Crippen LogP contribution is 2.36. The molecule has 0 bridgehead atoms. The van der Waals surface area contributed by atoms with Crippen molar-refractivity contribution in [2.24, 2.45) is 0 Å². The van der Waals surface area contributed by atoms with Crippen LogP contribution in [0.15, 0.2) is 24.5 Å². The standard InChI is InChI=1S/C15H21N5S/c16-14-13(12-4-7-17-8-5-12)15(21-19-14)18-6-3-11-20-9-1-2-10-20/h4-5,7-8,18H,1-3,6,9-11H2,(H2,16,19). The fourth-order valence-corrected chi connectivity index (χ4v) is 3.49. The number of nitrogen functional groups attached to an aromatic ring is 1. The Morgan fingerprint density at radius 3 is 2.76 bits per heavy atom. The molecule has 3 N–H and O–H groups in total. The quantitative estimate of drug-likeness (QED) is 0.803. The third kappa shape index (κ3) is 3.51. The lowest BCUT2D eigenvalue weighted by Crippen LogP contribution is -2.22. The molecule has 0 atom stereocenters. The van der Waals surface area contributed by atoms with Gasteiger partial charge in [-0.1, -0.05) is 0 Å². The van der Waals surface area contributed by atoms with Gasteiger partial charge in [0.1, 0.15) is 10.8 Å². The molecule has 1 fully saturated rings. The summed E-state index contributed by atoms with van der Waals surface area (Å²) in [7, 11) is 0. The first-order valence-electron chi connectivity index (χ1n) is 7.46. The monoisotopic (exact) mass is 303 g/mol. The molecule has 2 aromatic heterocycles. The van der Waals surface area contributed by atoms with E-state index >= 15 is 0 Å². The Kier molecular flexibility index (Phi) is 4.67. The van der Waals surface area contributed by atoms with E-state index in [0.717, 1.165) is 29.1 Å². The molecule has 3 heterocycles. The zero-order chi connectivity index (χ0) is 14.5. The van der Waals surface area contributed by atoms with E-state index in [1.54, 1.807) is 12.4 Å². The average Bonchev–Trinajstić information content (AvgIpc) is 3.14. The van der Waals surface area contributed by atoms with Crippen molar-refractivity contribution in [2.75, 3.05) is 37.2 Å². The lowest BCUT2D eigenvalue weighted by molar-refractivity contribution is 0.337. The largest absolute Gasteiger partial charge is 0.382 e. The van der Waals surface area contributed by atoms with E-state index in [1.165, 1.54) is 44.0 Å². The molecule has 0 spiro atoms.